The van der Waals surface area contributed by atoms with Crippen LogP contribution in [0.25, 0.3) is 17.0 Å². The molecule has 0 fully saturated rings. The molecule has 4 nitrogen and oxygen atoms in total. The van der Waals surface area contributed by atoms with Gasteiger partial charge < -0.3 is 0 Å². The minimum absolute atomic E-state index is 0.0623. The molecule has 0 N–H and O–H groups in total. The van der Waals surface area contributed by atoms with Gasteiger partial charge in [-0.25, -0.2) is 13.8 Å². The van der Waals surface area contributed by atoms with Crippen molar-refractivity contribution in [3.63, 3.8) is 0 Å². The van der Waals surface area contributed by atoms with Crippen molar-refractivity contribution in [2.75, 3.05) is 0 Å². The fraction of sp³-hybridized carbons (Fsp3) is 0.0833. The van der Waals surface area contributed by atoms with Crippen molar-refractivity contribution < 1.29 is 8.78 Å². The highest BCUT2D eigenvalue weighted by Gasteiger charge is 2.18. The third-order valence-electron chi connectivity index (χ3n) is 2.71. The number of hydrogen-bond donors (Lipinski definition) is 0. The highest BCUT2D eigenvalue weighted by atomic mass is 35.5. The van der Waals surface area contributed by atoms with Crippen molar-refractivity contribution >= 4 is 17.2 Å². The van der Waals surface area contributed by atoms with Crippen molar-refractivity contribution in [2.45, 2.75) is 6.92 Å². The Balaban J connectivity index is 2.38. The summed E-state index contributed by atoms with van der Waals surface area (Å²) in [5, 5.41) is 7.93. The van der Waals surface area contributed by atoms with Gasteiger partial charge >= 0.3 is 0 Å². The van der Waals surface area contributed by atoms with Gasteiger partial charge in [-0.3, -0.25) is 4.40 Å². The van der Waals surface area contributed by atoms with Crippen LogP contribution < -0.4 is 0 Å². The molecule has 0 aliphatic rings. The third-order valence-corrected chi connectivity index (χ3v) is 2.91. The van der Waals surface area contributed by atoms with Crippen LogP contribution in [-0.4, -0.2) is 19.6 Å². The Labute approximate surface area is 111 Å². The van der Waals surface area contributed by atoms with E-state index in [1.807, 2.05) is 0 Å². The van der Waals surface area contributed by atoms with E-state index in [1.54, 1.807) is 6.92 Å². The van der Waals surface area contributed by atoms with Gasteiger partial charge in [0.25, 0.3) is 0 Å². The molecule has 7 heteroatoms. The fourth-order valence-electron chi connectivity index (χ4n) is 1.93. The van der Waals surface area contributed by atoms with E-state index in [1.165, 1.54) is 16.5 Å². The van der Waals surface area contributed by atoms with Gasteiger partial charge in [0.05, 0.1) is 5.56 Å². The third kappa shape index (κ3) is 1.84. The monoisotopic (exact) mass is 280 g/mol. The average molecular weight is 281 g/mol. The topological polar surface area (TPSA) is 43.1 Å². The standard InChI is InChI=1S/C12H7ClF2N4/c1-6-16-9(13)5-10-17-18-12(19(6)10)11-7(14)3-2-4-8(11)15/h2-5H,1H3. The number of benzene rings is 1. The SMILES string of the molecule is Cc1nc(Cl)cc2nnc(-c3c(F)cccc3F)n12. The predicted molar refractivity (Wildman–Crippen MR) is 65.9 cm³/mol. The summed E-state index contributed by atoms with van der Waals surface area (Å²) >= 11 is 5.80. The van der Waals surface area contributed by atoms with E-state index in [-0.39, 0.29) is 16.5 Å². The molecule has 0 unspecified atom stereocenters. The summed E-state index contributed by atoms with van der Waals surface area (Å²) in [5.41, 5.74) is 0.150. The molecule has 19 heavy (non-hydrogen) atoms. The summed E-state index contributed by atoms with van der Waals surface area (Å²) in [6.07, 6.45) is 0. The molecule has 2 aromatic heterocycles. The summed E-state index contributed by atoms with van der Waals surface area (Å²) in [4.78, 5) is 4.02. The lowest BCUT2D eigenvalue weighted by Gasteiger charge is -2.05. The second-order valence-corrected chi connectivity index (χ2v) is 4.33. The van der Waals surface area contributed by atoms with Gasteiger partial charge in [0.2, 0.25) is 0 Å². The maximum atomic E-state index is 13.8. The zero-order valence-corrected chi connectivity index (χ0v) is 10.5. The van der Waals surface area contributed by atoms with E-state index >= 15 is 0 Å². The predicted octanol–water partition coefficient (Wildman–Crippen LogP) is 3.03. The lowest BCUT2D eigenvalue weighted by molar-refractivity contribution is 0.587. The molecule has 0 aliphatic heterocycles. The van der Waals surface area contributed by atoms with Gasteiger partial charge in [-0.15, -0.1) is 10.2 Å². The number of aryl methyl sites for hydroxylation is 1. The van der Waals surface area contributed by atoms with Crippen LogP contribution in [0.1, 0.15) is 5.82 Å². The Kier molecular flexibility index (Phi) is 2.67. The zero-order chi connectivity index (χ0) is 13.6. The molecule has 0 saturated carbocycles. The van der Waals surface area contributed by atoms with Crippen molar-refractivity contribution in [2.24, 2.45) is 0 Å². The van der Waals surface area contributed by atoms with E-state index in [2.05, 4.69) is 15.2 Å². The number of aromatic nitrogens is 4. The normalized spacial score (nSPS) is 11.2. The summed E-state index contributed by atoms with van der Waals surface area (Å²) in [6.45, 7) is 1.66. The Morgan fingerprint density at radius 1 is 1.16 bits per heavy atom. The van der Waals surface area contributed by atoms with E-state index in [9.17, 15) is 8.78 Å². The number of hydrogen-bond acceptors (Lipinski definition) is 3. The van der Waals surface area contributed by atoms with Crippen LogP contribution in [0.4, 0.5) is 8.78 Å². The summed E-state index contributed by atoms with van der Waals surface area (Å²) in [5.74, 6) is -0.898. The molecule has 2 heterocycles. The molecule has 0 aliphatic carbocycles. The zero-order valence-electron chi connectivity index (χ0n) is 9.73. The van der Waals surface area contributed by atoms with E-state index < -0.39 is 11.6 Å². The summed E-state index contributed by atoms with van der Waals surface area (Å²) in [7, 11) is 0. The van der Waals surface area contributed by atoms with Gasteiger partial charge in [-0.05, 0) is 19.1 Å². The van der Waals surface area contributed by atoms with Gasteiger partial charge in [0.1, 0.15) is 22.6 Å². The lowest BCUT2D eigenvalue weighted by Crippen LogP contribution is -2.00. The first kappa shape index (κ1) is 12.0. The van der Waals surface area contributed by atoms with Crippen LogP contribution in [0, 0.1) is 18.6 Å². The molecule has 1 aromatic carbocycles. The molecule has 0 bridgehead atoms. The summed E-state index contributed by atoms with van der Waals surface area (Å²) in [6, 6.07) is 5.10. The van der Waals surface area contributed by atoms with E-state index in [0.717, 1.165) is 12.1 Å². The summed E-state index contributed by atoms with van der Waals surface area (Å²) < 4.78 is 29.0. The highest BCUT2D eigenvalue weighted by Crippen LogP contribution is 2.26. The lowest BCUT2D eigenvalue weighted by atomic mass is 10.2. The van der Waals surface area contributed by atoms with Crippen molar-refractivity contribution in [3.8, 4) is 11.4 Å². The van der Waals surface area contributed by atoms with Gasteiger partial charge in [-0.1, -0.05) is 17.7 Å². The van der Waals surface area contributed by atoms with Crippen molar-refractivity contribution in [1.82, 2.24) is 19.6 Å². The second-order valence-electron chi connectivity index (χ2n) is 3.94. The molecule has 0 atom stereocenters. The number of halogens is 3. The smallest absolute Gasteiger partial charge is 0.175 e. The van der Waals surface area contributed by atoms with Crippen LogP contribution in [0.3, 0.4) is 0 Å². The Morgan fingerprint density at radius 2 is 1.84 bits per heavy atom. The fourth-order valence-corrected chi connectivity index (χ4v) is 2.15. The Morgan fingerprint density at radius 3 is 2.53 bits per heavy atom. The van der Waals surface area contributed by atoms with E-state index in [4.69, 9.17) is 11.6 Å². The Hall–Kier alpha value is -2.08. The first-order valence-electron chi connectivity index (χ1n) is 5.40. The molecule has 96 valence electrons. The van der Waals surface area contributed by atoms with Crippen LogP contribution in [0.15, 0.2) is 24.3 Å². The highest BCUT2D eigenvalue weighted by molar-refractivity contribution is 6.29. The van der Waals surface area contributed by atoms with E-state index in [0.29, 0.717) is 11.5 Å². The molecule has 0 amide bonds. The molecular weight excluding hydrogens is 274 g/mol. The van der Waals surface area contributed by atoms with Gasteiger partial charge in [0.15, 0.2) is 11.5 Å². The number of fused-ring (bicyclic) bond motifs is 1. The maximum Gasteiger partial charge on any atom is 0.175 e. The first-order chi connectivity index (χ1) is 9.08. The maximum absolute atomic E-state index is 13.8. The average Bonchev–Trinajstić information content (AvgIpc) is 2.72. The largest absolute Gasteiger partial charge is 0.262 e. The van der Waals surface area contributed by atoms with Crippen LogP contribution >= 0.6 is 11.6 Å². The molecule has 0 radical (unpaired) electrons. The van der Waals surface area contributed by atoms with Gasteiger partial charge in [0, 0.05) is 6.07 Å². The number of nitrogens with zero attached hydrogens (tertiary/aromatic N) is 4. The molecular formula is C12H7ClF2N4. The minimum Gasteiger partial charge on any atom is -0.262 e. The van der Waals surface area contributed by atoms with Gasteiger partial charge in [-0.2, -0.15) is 0 Å². The van der Waals surface area contributed by atoms with Crippen molar-refractivity contribution in [3.05, 3.63) is 46.9 Å². The Bertz CT molecular complexity index is 764. The van der Waals surface area contributed by atoms with Crippen LogP contribution in [0.5, 0.6) is 0 Å². The molecule has 3 aromatic rings. The second kappa shape index (κ2) is 4.24. The molecule has 0 spiro atoms. The minimum atomic E-state index is -0.705. The first-order valence-corrected chi connectivity index (χ1v) is 5.78. The van der Waals surface area contributed by atoms with Crippen molar-refractivity contribution in [1.29, 1.82) is 0 Å². The molecule has 3 rings (SSSR count). The molecule has 0 saturated heterocycles. The number of rotatable bonds is 1. The van der Waals surface area contributed by atoms with Crippen LogP contribution in [0.2, 0.25) is 5.15 Å². The quantitative estimate of drug-likeness (QED) is 0.644. The van der Waals surface area contributed by atoms with Crippen LogP contribution in [-0.2, 0) is 0 Å².